The fourth-order valence-corrected chi connectivity index (χ4v) is 2.94. The highest BCUT2D eigenvalue weighted by molar-refractivity contribution is 7.80. The Balaban J connectivity index is 1.52. The predicted molar refractivity (Wildman–Crippen MR) is 119 cm³/mol. The van der Waals surface area contributed by atoms with Crippen LogP contribution in [-0.4, -0.2) is 37.8 Å². The lowest BCUT2D eigenvalue weighted by atomic mass is 10.2. The minimum Gasteiger partial charge on any atom is -0.494 e. The monoisotopic (exact) mass is 424 g/mol. The Morgan fingerprint density at radius 1 is 1.10 bits per heavy atom. The number of nitrogens with zero attached hydrogens (tertiary/aromatic N) is 4. The van der Waals surface area contributed by atoms with Gasteiger partial charge in [0.25, 0.3) is 5.91 Å². The largest absolute Gasteiger partial charge is 0.494 e. The Morgan fingerprint density at radius 2 is 1.87 bits per heavy atom. The highest BCUT2D eigenvalue weighted by Gasteiger charge is 2.17. The summed E-state index contributed by atoms with van der Waals surface area (Å²) < 4.78 is 7.12. The van der Waals surface area contributed by atoms with E-state index in [0.29, 0.717) is 13.2 Å². The number of rotatable bonds is 9. The Labute approximate surface area is 180 Å². The van der Waals surface area contributed by atoms with Crippen molar-refractivity contribution < 1.29 is 9.53 Å². The number of unbranched alkanes of at least 4 members (excludes halogenated alkanes) is 2. The summed E-state index contributed by atoms with van der Waals surface area (Å²) in [5.41, 5.74) is 1.72. The van der Waals surface area contributed by atoms with Gasteiger partial charge in [0, 0.05) is 5.69 Å². The maximum atomic E-state index is 12.5. The van der Waals surface area contributed by atoms with Crippen molar-refractivity contribution in [2.45, 2.75) is 32.7 Å². The van der Waals surface area contributed by atoms with Crippen LogP contribution in [0, 0.1) is 0 Å². The van der Waals surface area contributed by atoms with Gasteiger partial charge in [0.1, 0.15) is 5.75 Å². The minimum atomic E-state index is -0.482. The van der Waals surface area contributed by atoms with E-state index < -0.39 is 5.91 Å². The number of aromatic nitrogens is 4. The smallest absolute Gasteiger partial charge is 0.296 e. The van der Waals surface area contributed by atoms with Crippen LogP contribution in [0.4, 0.5) is 5.69 Å². The standard InChI is InChI=1S/C21H24N6O2S/c1-2-3-7-14-29-18-12-10-17(11-13-18)22-21(30)23-20(28)19-24-25-26-27(19)15-16-8-5-4-6-9-16/h4-6,8-13H,2-3,7,14-15H2,1H3,(H2,22,23,28,30). The molecule has 1 amide bonds. The highest BCUT2D eigenvalue weighted by Crippen LogP contribution is 2.16. The first-order valence-electron chi connectivity index (χ1n) is 9.81. The number of tetrazole rings is 1. The second kappa shape index (κ2) is 11.0. The lowest BCUT2D eigenvalue weighted by Gasteiger charge is -2.11. The SMILES string of the molecule is CCCCCOc1ccc(NC(=S)NC(=O)c2nnnn2Cc2ccccc2)cc1. The first kappa shape index (κ1) is 21.4. The molecule has 0 saturated heterocycles. The summed E-state index contributed by atoms with van der Waals surface area (Å²) in [5, 5.41) is 17.0. The average molecular weight is 425 g/mol. The normalized spacial score (nSPS) is 10.4. The van der Waals surface area contributed by atoms with Gasteiger partial charge in [-0.1, -0.05) is 50.1 Å². The van der Waals surface area contributed by atoms with Gasteiger partial charge in [-0.05, 0) is 58.9 Å². The maximum absolute atomic E-state index is 12.5. The van der Waals surface area contributed by atoms with Crippen LogP contribution >= 0.6 is 12.2 Å². The van der Waals surface area contributed by atoms with E-state index in [9.17, 15) is 4.79 Å². The summed E-state index contributed by atoms with van der Waals surface area (Å²) >= 11 is 5.24. The van der Waals surface area contributed by atoms with Gasteiger partial charge in [0.15, 0.2) is 5.11 Å². The Bertz CT molecular complexity index is 959. The van der Waals surface area contributed by atoms with E-state index in [-0.39, 0.29) is 10.9 Å². The van der Waals surface area contributed by atoms with E-state index in [1.165, 1.54) is 4.68 Å². The molecule has 3 rings (SSSR count). The van der Waals surface area contributed by atoms with E-state index in [0.717, 1.165) is 36.3 Å². The van der Waals surface area contributed by atoms with E-state index in [1.54, 1.807) is 0 Å². The molecule has 3 aromatic rings. The van der Waals surface area contributed by atoms with Crippen LogP contribution in [0.25, 0.3) is 0 Å². The van der Waals surface area contributed by atoms with Gasteiger partial charge < -0.3 is 10.1 Å². The van der Waals surface area contributed by atoms with Crippen molar-refractivity contribution in [1.29, 1.82) is 0 Å². The topological polar surface area (TPSA) is 94.0 Å². The summed E-state index contributed by atoms with van der Waals surface area (Å²) in [5.74, 6) is 0.398. The molecule has 1 heterocycles. The molecule has 0 aliphatic heterocycles. The summed E-state index contributed by atoms with van der Waals surface area (Å²) in [4.78, 5) is 12.5. The Kier molecular flexibility index (Phi) is 7.85. The van der Waals surface area contributed by atoms with Crippen LogP contribution in [0.2, 0.25) is 0 Å². The first-order valence-corrected chi connectivity index (χ1v) is 10.2. The number of amides is 1. The zero-order valence-corrected chi connectivity index (χ0v) is 17.6. The van der Waals surface area contributed by atoms with Crippen LogP contribution in [-0.2, 0) is 6.54 Å². The van der Waals surface area contributed by atoms with Crippen molar-refractivity contribution >= 4 is 28.9 Å². The molecule has 156 valence electrons. The molecular weight excluding hydrogens is 400 g/mol. The van der Waals surface area contributed by atoms with Gasteiger partial charge in [-0.2, -0.15) is 0 Å². The van der Waals surface area contributed by atoms with Crippen LogP contribution in [0.3, 0.4) is 0 Å². The molecule has 0 spiro atoms. The molecule has 0 aliphatic carbocycles. The minimum absolute atomic E-state index is 0.0823. The quantitative estimate of drug-likeness (QED) is 0.401. The Morgan fingerprint density at radius 3 is 2.60 bits per heavy atom. The third kappa shape index (κ3) is 6.35. The van der Waals surface area contributed by atoms with Gasteiger partial charge in [-0.25, -0.2) is 4.68 Å². The number of carbonyl (C=O) groups excluding carboxylic acids is 1. The van der Waals surface area contributed by atoms with Crippen molar-refractivity contribution in [2.75, 3.05) is 11.9 Å². The molecule has 0 fully saturated rings. The zero-order chi connectivity index (χ0) is 21.2. The number of anilines is 1. The molecule has 9 heteroatoms. The van der Waals surface area contributed by atoms with Gasteiger partial charge in [0.05, 0.1) is 13.2 Å². The lowest BCUT2D eigenvalue weighted by molar-refractivity contribution is 0.0962. The van der Waals surface area contributed by atoms with Gasteiger partial charge in [-0.15, -0.1) is 5.10 Å². The van der Waals surface area contributed by atoms with Gasteiger partial charge in [0.2, 0.25) is 5.82 Å². The lowest BCUT2D eigenvalue weighted by Crippen LogP contribution is -2.36. The van der Waals surface area contributed by atoms with Gasteiger partial charge >= 0.3 is 0 Å². The second-order valence-electron chi connectivity index (χ2n) is 6.63. The molecule has 0 saturated carbocycles. The van der Waals surface area contributed by atoms with E-state index >= 15 is 0 Å². The van der Waals surface area contributed by atoms with Crippen LogP contribution in [0.1, 0.15) is 42.4 Å². The van der Waals surface area contributed by atoms with Crippen molar-refractivity contribution in [3.8, 4) is 5.75 Å². The van der Waals surface area contributed by atoms with E-state index in [2.05, 4.69) is 33.1 Å². The molecule has 30 heavy (non-hydrogen) atoms. The molecule has 2 aromatic carbocycles. The zero-order valence-electron chi connectivity index (χ0n) is 16.7. The number of ether oxygens (including phenoxy) is 1. The van der Waals surface area contributed by atoms with E-state index in [4.69, 9.17) is 17.0 Å². The molecule has 0 atom stereocenters. The molecule has 0 unspecified atom stereocenters. The van der Waals surface area contributed by atoms with Crippen molar-refractivity contribution in [1.82, 2.24) is 25.5 Å². The third-order valence-corrected chi connectivity index (χ3v) is 4.47. The maximum Gasteiger partial charge on any atom is 0.296 e. The fraction of sp³-hybridized carbons (Fsp3) is 0.286. The number of benzene rings is 2. The number of thiocarbonyl (C=S) groups is 1. The predicted octanol–water partition coefficient (Wildman–Crippen LogP) is 3.42. The van der Waals surface area contributed by atoms with Crippen LogP contribution in [0.5, 0.6) is 5.75 Å². The number of nitrogens with one attached hydrogen (secondary N) is 2. The molecule has 0 aliphatic rings. The molecule has 1 aromatic heterocycles. The number of hydrogen-bond donors (Lipinski definition) is 2. The summed E-state index contributed by atoms with van der Waals surface area (Å²) in [6.45, 7) is 3.25. The van der Waals surface area contributed by atoms with E-state index in [1.807, 2.05) is 54.6 Å². The Hall–Kier alpha value is -3.33. The number of hydrogen-bond acceptors (Lipinski definition) is 6. The van der Waals surface area contributed by atoms with Crippen LogP contribution in [0.15, 0.2) is 54.6 Å². The average Bonchev–Trinajstić information content (AvgIpc) is 3.21. The summed E-state index contributed by atoms with van der Waals surface area (Å²) in [6.07, 6.45) is 3.35. The van der Waals surface area contributed by atoms with Crippen molar-refractivity contribution in [2.24, 2.45) is 0 Å². The second-order valence-corrected chi connectivity index (χ2v) is 7.04. The van der Waals surface area contributed by atoms with Crippen LogP contribution < -0.4 is 15.4 Å². The molecule has 8 nitrogen and oxygen atoms in total. The molecule has 0 radical (unpaired) electrons. The van der Waals surface area contributed by atoms with Crippen molar-refractivity contribution in [3.63, 3.8) is 0 Å². The number of carbonyl (C=O) groups is 1. The van der Waals surface area contributed by atoms with Crippen molar-refractivity contribution in [3.05, 3.63) is 66.0 Å². The summed E-state index contributed by atoms with van der Waals surface area (Å²) in [6, 6.07) is 17.0. The molecule has 2 N–H and O–H groups in total. The molecule has 0 bridgehead atoms. The van der Waals surface area contributed by atoms with Gasteiger partial charge in [-0.3, -0.25) is 10.1 Å². The first-order chi connectivity index (χ1) is 14.7. The molecular formula is C21H24N6O2S. The summed E-state index contributed by atoms with van der Waals surface area (Å²) in [7, 11) is 0. The fourth-order valence-electron chi connectivity index (χ4n) is 2.73. The third-order valence-electron chi connectivity index (χ3n) is 4.27. The highest BCUT2D eigenvalue weighted by atomic mass is 32.1.